The van der Waals surface area contributed by atoms with Gasteiger partial charge in [-0.3, -0.25) is 23.9 Å². The number of fused-ring (bicyclic) bond motifs is 1. The molecule has 11 nitrogen and oxygen atoms in total. The molecule has 3 heterocycles. The van der Waals surface area contributed by atoms with Crippen LogP contribution < -0.4 is 11.2 Å². The second kappa shape index (κ2) is 9.86. The molecule has 4 rings (SSSR count). The Morgan fingerprint density at radius 1 is 1.22 bits per heavy atom. The van der Waals surface area contributed by atoms with Crippen molar-refractivity contribution in [1.82, 2.24) is 29.2 Å². The van der Waals surface area contributed by atoms with Gasteiger partial charge >= 0.3 is 5.69 Å². The smallest absolute Gasteiger partial charge is 0.328 e. The SMILES string of the molecule is CC(C)[C@H]1c2nc(-c3ccccc3)nn2CCN1C(=O)Cn1ccc(=O)[nH]c1=O.O=CO. The first-order valence-electron chi connectivity index (χ1n) is 10.0. The van der Waals surface area contributed by atoms with Crippen LogP contribution in [0.1, 0.15) is 25.7 Å². The van der Waals surface area contributed by atoms with Crippen molar-refractivity contribution in [3.05, 3.63) is 69.3 Å². The van der Waals surface area contributed by atoms with E-state index in [1.807, 2.05) is 48.9 Å². The Bertz CT molecular complexity index is 1200. The number of carboxylic acid groups (broad SMARTS) is 1. The molecule has 2 N–H and O–H groups in total. The van der Waals surface area contributed by atoms with Crippen molar-refractivity contribution < 1.29 is 14.7 Å². The van der Waals surface area contributed by atoms with E-state index in [0.29, 0.717) is 18.9 Å². The van der Waals surface area contributed by atoms with Gasteiger partial charge in [0.1, 0.15) is 6.54 Å². The Hall–Kier alpha value is -4.02. The summed E-state index contributed by atoms with van der Waals surface area (Å²) in [6.07, 6.45) is 1.34. The van der Waals surface area contributed by atoms with Crippen LogP contribution in [0, 0.1) is 5.92 Å². The summed E-state index contributed by atoms with van der Waals surface area (Å²) in [5.74, 6) is 1.29. The Kier molecular flexibility index (Phi) is 6.98. The van der Waals surface area contributed by atoms with Crippen LogP contribution in [0.2, 0.25) is 0 Å². The fourth-order valence-electron chi connectivity index (χ4n) is 3.67. The molecule has 1 atom stereocenters. The zero-order valence-electron chi connectivity index (χ0n) is 17.7. The summed E-state index contributed by atoms with van der Waals surface area (Å²) in [4.78, 5) is 53.2. The van der Waals surface area contributed by atoms with Gasteiger partial charge in [0, 0.05) is 24.4 Å². The quantitative estimate of drug-likeness (QED) is 0.569. The first-order chi connectivity index (χ1) is 15.3. The predicted molar refractivity (Wildman–Crippen MR) is 115 cm³/mol. The van der Waals surface area contributed by atoms with Gasteiger partial charge in [-0.05, 0) is 5.92 Å². The van der Waals surface area contributed by atoms with Gasteiger partial charge in [-0.15, -0.1) is 0 Å². The lowest BCUT2D eigenvalue weighted by Crippen LogP contribution is -2.47. The van der Waals surface area contributed by atoms with Crippen molar-refractivity contribution in [2.75, 3.05) is 6.54 Å². The average molecular weight is 440 g/mol. The molecular weight excluding hydrogens is 416 g/mol. The minimum Gasteiger partial charge on any atom is -0.483 e. The minimum absolute atomic E-state index is 0.109. The Balaban J connectivity index is 0.000000913. The van der Waals surface area contributed by atoms with Crippen molar-refractivity contribution in [2.24, 2.45) is 5.92 Å². The summed E-state index contributed by atoms with van der Waals surface area (Å²) in [5, 5.41) is 11.5. The number of aromatic amines is 1. The highest BCUT2D eigenvalue weighted by Crippen LogP contribution is 2.32. The lowest BCUT2D eigenvalue weighted by molar-refractivity contribution is -0.137. The highest BCUT2D eigenvalue weighted by molar-refractivity contribution is 5.76. The van der Waals surface area contributed by atoms with Crippen LogP contribution in [0.4, 0.5) is 0 Å². The number of carbonyl (C=O) groups excluding carboxylic acids is 1. The summed E-state index contributed by atoms with van der Waals surface area (Å²) in [6, 6.07) is 10.7. The third-order valence-electron chi connectivity index (χ3n) is 5.04. The molecule has 0 saturated carbocycles. The molecule has 0 aliphatic carbocycles. The van der Waals surface area contributed by atoms with E-state index in [2.05, 4.69) is 10.1 Å². The van der Waals surface area contributed by atoms with Gasteiger partial charge in [0.25, 0.3) is 12.0 Å². The topological polar surface area (TPSA) is 143 Å². The molecule has 0 spiro atoms. The van der Waals surface area contributed by atoms with E-state index in [9.17, 15) is 14.4 Å². The van der Waals surface area contributed by atoms with Crippen molar-refractivity contribution in [3.63, 3.8) is 0 Å². The zero-order chi connectivity index (χ0) is 23.3. The number of hydrogen-bond donors (Lipinski definition) is 2. The van der Waals surface area contributed by atoms with Crippen LogP contribution in [0.15, 0.2) is 52.2 Å². The molecular formula is C21H24N6O5. The normalized spacial score (nSPS) is 15.0. The molecule has 1 aliphatic rings. The molecule has 0 unspecified atom stereocenters. The number of benzene rings is 1. The van der Waals surface area contributed by atoms with Gasteiger partial charge in [-0.2, -0.15) is 5.10 Å². The highest BCUT2D eigenvalue weighted by Gasteiger charge is 2.36. The van der Waals surface area contributed by atoms with Crippen molar-refractivity contribution >= 4 is 12.4 Å². The number of H-pyrrole nitrogens is 1. The van der Waals surface area contributed by atoms with E-state index in [-0.39, 0.29) is 30.9 Å². The lowest BCUT2D eigenvalue weighted by Gasteiger charge is -2.37. The fraction of sp³-hybridized carbons (Fsp3) is 0.333. The second-order valence-corrected chi connectivity index (χ2v) is 7.50. The molecule has 0 radical (unpaired) electrons. The maximum absolute atomic E-state index is 13.0. The molecule has 168 valence electrons. The van der Waals surface area contributed by atoms with Crippen LogP contribution in [0.25, 0.3) is 11.4 Å². The van der Waals surface area contributed by atoms with Gasteiger partial charge in [-0.1, -0.05) is 44.2 Å². The van der Waals surface area contributed by atoms with Gasteiger partial charge in [0.15, 0.2) is 11.6 Å². The van der Waals surface area contributed by atoms with Gasteiger partial charge in [0.05, 0.1) is 12.6 Å². The van der Waals surface area contributed by atoms with E-state index in [1.165, 1.54) is 16.8 Å². The van der Waals surface area contributed by atoms with Crippen LogP contribution in [0.5, 0.6) is 0 Å². The number of amides is 1. The first kappa shape index (κ1) is 22.7. The van der Waals surface area contributed by atoms with Crippen molar-refractivity contribution in [2.45, 2.75) is 33.0 Å². The summed E-state index contributed by atoms with van der Waals surface area (Å²) in [5.41, 5.74) is -0.161. The summed E-state index contributed by atoms with van der Waals surface area (Å²) in [6.45, 7) is 4.68. The largest absolute Gasteiger partial charge is 0.483 e. The number of nitrogens with zero attached hydrogens (tertiary/aromatic N) is 5. The summed E-state index contributed by atoms with van der Waals surface area (Å²) < 4.78 is 3.07. The molecule has 0 fully saturated rings. The van der Waals surface area contributed by atoms with Gasteiger partial charge < -0.3 is 10.0 Å². The maximum atomic E-state index is 13.0. The van der Waals surface area contributed by atoms with Crippen LogP contribution in [0.3, 0.4) is 0 Å². The number of rotatable bonds is 4. The van der Waals surface area contributed by atoms with Crippen LogP contribution >= 0.6 is 0 Å². The highest BCUT2D eigenvalue weighted by atomic mass is 16.3. The second-order valence-electron chi connectivity index (χ2n) is 7.50. The van der Waals surface area contributed by atoms with Crippen molar-refractivity contribution in [3.8, 4) is 11.4 Å². The molecule has 11 heteroatoms. The van der Waals surface area contributed by atoms with E-state index in [4.69, 9.17) is 14.9 Å². The van der Waals surface area contributed by atoms with Gasteiger partial charge in [0.2, 0.25) is 5.91 Å². The predicted octanol–water partition coefficient (Wildman–Crippen LogP) is 0.735. The minimum atomic E-state index is -0.599. The third-order valence-corrected chi connectivity index (χ3v) is 5.04. The lowest BCUT2D eigenvalue weighted by atomic mass is 9.99. The third kappa shape index (κ3) is 4.82. The monoisotopic (exact) mass is 440 g/mol. The van der Waals surface area contributed by atoms with E-state index < -0.39 is 11.2 Å². The van der Waals surface area contributed by atoms with Crippen molar-refractivity contribution in [1.29, 1.82) is 0 Å². The molecule has 0 bridgehead atoms. The summed E-state index contributed by atoms with van der Waals surface area (Å²) in [7, 11) is 0. The Morgan fingerprint density at radius 2 is 1.91 bits per heavy atom. The molecule has 1 aliphatic heterocycles. The van der Waals surface area contributed by atoms with E-state index in [0.717, 1.165) is 11.4 Å². The summed E-state index contributed by atoms with van der Waals surface area (Å²) >= 11 is 0. The van der Waals surface area contributed by atoms with Gasteiger partial charge in [-0.25, -0.2) is 14.5 Å². The van der Waals surface area contributed by atoms with E-state index >= 15 is 0 Å². The fourth-order valence-corrected chi connectivity index (χ4v) is 3.67. The number of carbonyl (C=O) groups is 2. The first-order valence-corrected chi connectivity index (χ1v) is 10.0. The number of aromatic nitrogens is 5. The molecule has 1 amide bonds. The maximum Gasteiger partial charge on any atom is 0.328 e. The van der Waals surface area contributed by atoms with Crippen LogP contribution in [-0.2, 0) is 22.7 Å². The average Bonchev–Trinajstić information content (AvgIpc) is 3.20. The standard InChI is InChI=1S/C20H22N6O3.CH2O2/c1-13(2)17-19-22-18(14-6-4-3-5-7-14)23-26(19)11-10-25(17)16(28)12-24-9-8-15(27)21-20(24)29;2-1-3/h3-9,13,17H,10-12H2,1-2H3,(H,21,27,29);1H,(H,2,3)/t17-;/m0./s1. The van der Waals surface area contributed by atoms with Crippen LogP contribution in [-0.4, -0.2) is 53.2 Å². The Labute approximate surface area is 183 Å². The number of nitrogens with one attached hydrogen (secondary N) is 1. The zero-order valence-corrected chi connectivity index (χ0v) is 17.7. The number of hydrogen-bond acceptors (Lipinski definition) is 6. The Morgan fingerprint density at radius 3 is 2.53 bits per heavy atom. The molecule has 2 aromatic heterocycles. The van der Waals surface area contributed by atoms with E-state index in [1.54, 1.807) is 4.90 Å². The molecule has 3 aromatic rings. The molecule has 32 heavy (non-hydrogen) atoms. The molecule has 0 saturated heterocycles. The molecule has 1 aromatic carbocycles.